The number of aromatic nitrogens is 1. The number of rotatable bonds is 4. The molecule has 2 aromatic rings. The fourth-order valence-electron chi connectivity index (χ4n) is 3.43. The van der Waals surface area contributed by atoms with Crippen LogP contribution in [0.5, 0.6) is 0 Å². The number of nitrogens with one attached hydrogen (secondary N) is 2. The maximum atomic E-state index is 5.63. The van der Waals surface area contributed by atoms with E-state index >= 15 is 0 Å². The van der Waals surface area contributed by atoms with Crippen LogP contribution >= 0.6 is 12.2 Å². The molecule has 1 aliphatic rings. The molecule has 0 saturated heterocycles. The van der Waals surface area contributed by atoms with E-state index in [2.05, 4.69) is 46.8 Å². The van der Waals surface area contributed by atoms with E-state index in [1.54, 1.807) is 0 Å². The molecule has 0 bridgehead atoms. The summed E-state index contributed by atoms with van der Waals surface area (Å²) in [6.07, 6.45) is 8.76. The number of benzene rings is 1. The van der Waals surface area contributed by atoms with Crippen molar-refractivity contribution in [2.75, 3.05) is 0 Å². The molecule has 0 aliphatic heterocycles. The molecule has 126 valence electrons. The van der Waals surface area contributed by atoms with Crippen molar-refractivity contribution in [3.63, 3.8) is 0 Å². The first-order chi connectivity index (χ1) is 11.7. The van der Waals surface area contributed by atoms with Crippen LogP contribution in [0.4, 0.5) is 0 Å². The Morgan fingerprint density at radius 3 is 2.42 bits per heavy atom. The van der Waals surface area contributed by atoms with E-state index in [4.69, 9.17) is 12.2 Å². The minimum atomic E-state index is 0.0353. The van der Waals surface area contributed by atoms with E-state index in [0.29, 0.717) is 12.0 Å². The Hall–Kier alpha value is -1.94. The lowest BCUT2D eigenvalue weighted by molar-refractivity contribution is 0.307. The van der Waals surface area contributed by atoms with Crippen molar-refractivity contribution in [3.05, 3.63) is 66.0 Å². The van der Waals surface area contributed by atoms with Gasteiger partial charge in [0.15, 0.2) is 5.11 Å². The van der Waals surface area contributed by atoms with Crippen LogP contribution in [0, 0.1) is 5.92 Å². The molecular formula is C20H25N3S. The van der Waals surface area contributed by atoms with Crippen LogP contribution in [0.2, 0.25) is 0 Å². The minimum absolute atomic E-state index is 0.0353. The van der Waals surface area contributed by atoms with Gasteiger partial charge in [0.1, 0.15) is 0 Å². The Kier molecular flexibility index (Phi) is 5.81. The van der Waals surface area contributed by atoms with Gasteiger partial charge >= 0.3 is 0 Å². The summed E-state index contributed by atoms with van der Waals surface area (Å²) in [6, 6.07) is 15.0. The van der Waals surface area contributed by atoms with Gasteiger partial charge in [0.05, 0.1) is 6.04 Å². The maximum Gasteiger partial charge on any atom is 0.167 e. The molecule has 1 saturated carbocycles. The average molecular weight is 340 g/mol. The van der Waals surface area contributed by atoms with E-state index in [1.807, 2.05) is 30.6 Å². The number of hydrogen-bond acceptors (Lipinski definition) is 2. The third-order valence-electron chi connectivity index (χ3n) is 4.88. The molecule has 0 unspecified atom stereocenters. The van der Waals surface area contributed by atoms with Gasteiger partial charge in [-0.15, -0.1) is 0 Å². The van der Waals surface area contributed by atoms with E-state index in [9.17, 15) is 0 Å². The quantitative estimate of drug-likeness (QED) is 0.818. The molecule has 1 heterocycles. The molecule has 0 spiro atoms. The van der Waals surface area contributed by atoms with Crippen molar-refractivity contribution in [2.24, 2.45) is 5.92 Å². The zero-order valence-electron chi connectivity index (χ0n) is 14.1. The highest BCUT2D eigenvalue weighted by Crippen LogP contribution is 2.24. The lowest BCUT2D eigenvalue weighted by Gasteiger charge is -2.32. The molecule has 1 aromatic heterocycles. The SMILES string of the molecule is C[C@H]1CCCC[C@H]1NC(=S)N[C@@H](c1ccccc1)c1ccncc1. The van der Waals surface area contributed by atoms with Crippen molar-refractivity contribution in [2.45, 2.75) is 44.7 Å². The summed E-state index contributed by atoms with van der Waals surface area (Å²) in [7, 11) is 0. The average Bonchev–Trinajstić information content (AvgIpc) is 2.63. The van der Waals surface area contributed by atoms with Crippen LogP contribution in [0.3, 0.4) is 0 Å². The van der Waals surface area contributed by atoms with E-state index in [0.717, 1.165) is 10.7 Å². The van der Waals surface area contributed by atoms with Gasteiger partial charge in [0.25, 0.3) is 0 Å². The zero-order valence-corrected chi connectivity index (χ0v) is 14.9. The Balaban J connectivity index is 1.73. The number of thiocarbonyl (C=S) groups is 1. The Morgan fingerprint density at radius 2 is 1.71 bits per heavy atom. The Morgan fingerprint density at radius 1 is 1.04 bits per heavy atom. The molecule has 0 radical (unpaired) electrons. The summed E-state index contributed by atoms with van der Waals surface area (Å²) >= 11 is 5.63. The van der Waals surface area contributed by atoms with Crippen molar-refractivity contribution in [3.8, 4) is 0 Å². The van der Waals surface area contributed by atoms with Crippen molar-refractivity contribution >= 4 is 17.3 Å². The second-order valence-corrected chi connectivity index (χ2v) is 7.02. The molecule has 24 heavy (non-hydrogen) atoms. The second kappa shape index (κ2) is 8.25. The minimum Gasteiger partial charge on any atom is -0.360 e. The summed E-state index contributed by atoms with van der Waals surface area (Å²) in [5.41, 5.74) is 2.36. The molecule has 1 aliphatic carbocycles. The van der Waals surface area contributed by atoms with Crippen LogP contribution in [-0.2, 0) is 0 Å². The van der Waals surface area contributed by atoms with Crippen LogP contribution in [0.15, 0.2) is 54.9 Å². The van der Waals surface area contributed by atoms with E-state index in [1.165, 1.54) is 31.2 Å². The van der Waals surface area contributed by atoms with Crippen LogP contribution in [0.1, 0.15) is 49.8 Å². The topological polar surface area (TPSA) is 37.0 Å². The summed E-state index contributed by atoms with van der Waals surface area (Å²) in [5.74, 6) is 0.676. The van der Waals surface area contributed by atoms with Gasteiger partial charge in [0, 0.05) is 18.4 Å². The van der Waals surface area contributed by atoms with Crippen molar-refractivity contribution in [1.29, 1.82) is 0 Å². The second-order valence-electron chi connectivity index (χ2n) is 6.61. The standard InChI is InChI=1S/C20H25N3S/c1-15-7-5-6-10-18(15)22-20(24)23-19(16-8-3-2-4-9-16)17-11-13-21-14-12-17/h2-4,8-9,11-15,18-19H,5-7,10H2,1H3,(H2,22,23,24)/t15-,18+,19-/m0/s1. The first-order valence-corrected chi connectivity index (χ1v) is 9.17. The van der Waals surface area contributed by atoms with Crippen molar-refractivity contribution < 1.29 is 0 Å². The van der Waals surface area contributed by atoms with Gasteiger partial charge in [-0.05, 0) is 54.2 Å². The van der Waals surface area contributed by atoms with Crippen molar-refractivity contribution in [1.82, 2.24) is 15.6 Å². The Labute approximate surface area is 149 Å². The normalized spacial score (nSPS) is 21.7. The molecular weight excluding hydrogens is 314 g/mol. The predicted octanol–water partition coefficient (Wildman–Crippen LogP) is 4.21. The molecule has 4 heteroatoms. The van der Waals surface area contributed by atoms with E-state index in [-0.39, 0.29) is 6.04 Å². The van der Waals surface area contributed by atoms with Gasteiger partial charge in [-0.1, -0.05) is 50.1 Å². The van der Waals surface area contributed by atoms with Crippen LogP contribution in [0.25, 0.3) is 0 Å². The molecule has 1 aromatic carbocycles. The summed E-state index contributed by atoms with van der Waals surface area (Å²) in [5, 5.41) is 7.79. The molecule has 2 N–H and O–H groups in total. The summed E-state index contributed by atoms with van der Waals surface area (Å²) in [4.78, 5) is 4.13. The molecule has 3 nitrogen and oxygen atoms in total. The zero-order chi connectivity index (χ0) is 16.8. The third-order valence-corrected chi connectivity index (χ3v) is 5.11. The molecule has 3 atom stereocenters. The first-order valence-electron chi connectivity index (χ1n) is 8.76. The first kappa shape index (κ1) is 16.9. The third kappa shape index (κ3) is 4.32. The lowest BCUT2D eigenvalue weighted by Crippen LogP contribution is -2.47. The summed E-state index contributed by atoms with van der Waals surface area (Å²) in [6.45, 7) is 2.32. The van der Waals surface area contributed by atoms with Gasteiger partial charge in [-0.2, -0.15) is 0 Å². The fraction of sp³-hybridized carbons (Fsp3) is 0.400. The molecule has 0 amide bonds. The maximum absolute atomic E-state index is 5.63. The van der Waals surface area contributed by atoms with Crippen LogP contribution < -0.4 is 10.6 Å². The smallest absolute Gasteiger partial charge is 0.167 e. The van der Waals surface area contributed by atoms with Gasteiger partial charge in [-0.3, -0.25) is 4.98 Å². The lowest BCUT2D eigenvalue weighted by atomic mass is 9.86. The Bertz CT molecular complexity index is 605. The van der Waals surface area contributed by atoms with Gasteiger partial charge < -0.3 is 10.6 Å². The largest absolute Gasteiger partial charge is 0.360 e. The van der Waals surface area contributed by atoms with Gasteiger partial charge in [-0.25, -0.2) is 0 Å². The highest BCUT2D eigenvalue weighted by atomic mass is 32.1. The highest BCUT2D eigenvalue weighted by Gasteiger charge is 2.23. The summed E-state index contributed by atoms with van der Waals surface area (Å²) < 4.78 is 0. The van der Waals surface area contributed by atoms with E-state index < -0.39 is 0 Å². The van der Waals surface area contributed by atoms with Gasteiger partial charge in [0.2, 0.25) is 0 Å². The number of pyridine rings is 1. The number of nitrogens with zero attached hydrogens (tertiary/aromatic N) is 1. The highest BCUT2D eigenvalue weighted by molar-refractivity contribution is 7.80. The predicted molar refractivity (Wildman–Crippen MR) is 103 cm³/mol. The number of hydrogen-bond donors (Lipinski definition) is 2. The monoisotopic (exact) mass is 339 g/mol. The fourth-order valence-corrected chi connectivity index (χ4v) is 3.70. The van der Waals surface area contributed by atoms with Crippen LogP contribution in [-0.4, -0.2) is 16.1 Å². The molecule has 3 rings (SSSR count). The molecule has 1 fully saturated rings.